The van der Waals surface area contributed by atoms with Crippen LogP contribution in [0.15, 0.2) is 114 Å². The highest BCUT2D eigenvalue weighted by molar-refractivity contribution is 7.92. The Morgan fingerprint density at radius 1 is 0.789 bits per heavy atom. The van der Waals surface area contributed by atoms with Crippen molar-refractivity contribution in [1.29, 1.82) is 0 Å². The number of rotatable bonds is 10. The molecule has 0 aliphatic carbocycles. The van der Waals surface area contributed by atoms with E-state index in [4.69, 9.17) is 11.6 Å². The van der Waals surface area contributed by atoms with Crippen molar-refractivity contribution in [3.05, 3.63) is 125 Å². The molecule has 194 valence electrons. The van der Waals surface area contributed by atoms with Gasteiger partial charge in [-0.25, -0.2) is 8.42 Å². The fourth-order valence-electron chi connectivity index (χ4n) is 3.84. The summed E-state index contributed by atoms with van der Waals surface area (Å²) in [5.41, 5.74) is 1.88. The second-order valence-electron chi connectivity index (χ2n) is 8.39. The van der Waals surface area contributed by atoms with Crippen LogP contribution >= 0.6 is 11.6 Å². The van der Waals surface area contributed by atoms with Crippen molar-refractivity contribution in [2.24, 2.45) is 0 Å². The zero-order valence-corrected chi connectivity index (χ0v) is 22.0. The van der Waals surface area contributed by atoms with Crippen molar-refractivity contribution in [2.45, 2.75) is 11.3 Å². The number of carbonyl (C=O) groups excluding carboxylic acids is 2. The summed E-state index contributed by atoms with van der Waals surface area (Å²) in [5, 5.41) is 5.90. The molecule has 4 rings (SSSR count). The van der Waals surface area contributed by atoms with Crippen LogP contribution in [0.3, 0.4) is 0 Å². The first-order valence-electron chi connectivity index (χ1n) is 11.9. The molecule has 0 bridgehead atoms. The highest BCUT2D eigenvalue weighted by Gasteiger charge is 2.27. The number of hydrogen-bond donors (Lipinski definition) is 2. The number of nitrogens with zero attached hydrogens (tertiary/aromatic N) is 1. The highest BCUT2D eigenvalue weighted by Crippen LogP contribution is 2.26. The maximum Gasteiger partial charge on any atom is 0.264 e. The average Bonchev–Trinajstić information content (AvgIpc) is 2.93. The Balaban J connectivity index is 1.51. The van der Waals surface area contributed by atoms with Crippen LogP contribution in [0.2, 0.25) is 5.02 Å². The van der Waals surface area contributed by atoms with Crippen molar-refractivity contribution in [1.82, 2.24) is 5.32 Å². The summed E-state index contributed by atoms with van der Waals surface area (Å²) in [6, 6.07) is 30.4. The van der Waals surface area contributed by atoms with E-state index in [2.05, 4.69) is 10.6 Å². The van der Waals surface area contributed by atoms with Gasteiger partial charge in [-0.05, 0) is 54.4 Å². The van der Waals surface area contributed by atoms with Gasteiger partial charge in [0.15, 0.2) is 0 Å². The molecule has 0 saturated carbocycles. The van der Waals surface area contributed by atoms with E-state index in [9.17, 15) is 18.0 Å². The van der Waals surface area contributed by atoms with Gasteiger partial charge in [-0.2, -0.15) is 0 Å². The lowest BCUT2D eigenvalue weighted by molar-refractivity contribution is -0.114. The molecule has 0 fully saturated rings. The van der Waals surface area contributed by atoms with Crippen molar-refractivity contribution in [2.75, 3.05) is 22.7 Å². The third-order valence-corrected chi connectivity index (χ3v) is 7.73. The number of sulfonamides is 1. The summed E-state index contributed by atoms with van der Waals surface area (Å²) in [4.78, 5) is 26.1. The van der Waals surface area contributed by atoms with Gasteiger partial charge >= 0.3 is 0 Å². The van der Waals surface area contributed by atoms with Crippen LogP contribution in [0.1, 0.15) is 15.9 Å². The second-order valence-corrected chi connectivity index (χ2v) is 10.7. The number of nitrogens with one attached hydrogen (secondary N) is 2. The molecular formula is C29H26ClN3O4S. The molecule has 0 aromatic heterocycles. The van der Waals surface area contributed by atoms with E-state index in [0.29, 0.717) is 18.0 Å². The number of benzene rings is 4. The lowest BCUT2D eigenvalue weighted by atomic mass is 10.1. The summed E-state index contributed by atoms with van der Waals surface area (Å²) in [5.74, 6) is -0.963. The van der Waals surface area contributed by atoms with Gasteiger partial charge < -0.3 is 10.6 Å². The van der Waals surface area contributed by atoms with Gasteiger partial charge in [0.25, 0.3) is 15.9 Å². The standard InChI is InChI=1S/C29H26ClN3O4S/c30-23-12-9-13-24(20-23)33(38(36,37)25-14-5-2-6-15-25)21-28(34)32-27-17-8-7-16-26(27)29(35)31-19-18-22-10-3-1-4-11-22/h1-17,20H,18-19,21H2,(H,31,35)(H,32,34). The first-order valence-corrected chi connectivity index (χ1v) is 13.7. The van der Waals surface area contributed by atoms with Crippen LogP contribution < -0.4 is 14.9 Å². The minimum atomic E-state index is -4.09. The van der Waals surface area contributed by atoms with Gasteiger partial charge in [-0.3, -0.25) is 13.9 Å². The monoisotopic (exact) mass is 547 g/mol. The van der Waals surface area contributed by atoms with Gasteiger partial charge in [0.1, 0.15) is 6.54 Å². The molecule has 2 amide bonds. The van der Waals surface area contributed by atoms with E-state index in [1.54, 1.807) is 60.7 Å². The smallest absolute Gasteiger partial charge is 0.264 e. The minimum Gasteiger partial charge on any atom is -0.352 e. The van der Waals surface area contributed by atoms with Crippen LogP contribution in [0, 0.1) is 0 Å². The molecule has 0 aliphatic rings. The van der Waals surface area contributed by atoms with E-state index in [1.165, 1.54) is 18.2 Å². The summed E-state index contributed by atoms with van der Waals surface area (Å²) in [6.45, 7) is -0.107. The third-order valence-electron chi connectivity index (χ3n) is 5.70. The molecule has 4 aromatic rings. The zero-order chi connectivity index (χ0) is 27.0. The van der Waals surface area contributed by atoms with Crippen molar-refractivity contribution in [3.63, 3.8) is 0 Å². The van der Waals surface area contributed by atoms with Gasteiger partial charge in [0.05, 0.1) is 21.8 Å². The molecule has 7 nitrogen and oxygen atoms in total. The van der Waals surface area contributed by atoms with Crippen LogP contribution in [0.25, 0.3) is 0 Å². The number of amides is 2. The van der Waals surface area contributed by atoms with E-state index in [1.807, 2.05) is 30.3 Å². The Morgan fingerprint density at radius 2 is 1.45 bits per heavy atom. The molecule has 0 aliphatic heterocycles. The van der Waals surface area contributed by atoms with E-state index in [-0.39, 0.29) is 27.7 Å². The lowest BCUT2D eigenvalue weighted by Gasteiger charge is -2.24. The molecule has 0 spiro atoms. The Bertz CT molecular complexity index is 1510. The largest absolute Gasteiger partial charge is 0.352 e. The molecule has 4 aromatic carbocycles. The maximum atomic E-state index is 13.5. The zero-order valence-electron chi connectivity index (χ0n) is 20.4. The molecular weight excluding hydrogens is 522 g/mol. The predicted octanol–water partition coefficient (Wildman–Crippen LogP) is 5.15. The molecule has 0 unspecified atom stereocenters. The maximum absolute atomic E-state index is 13.5. The molecule has 0 heterocycles. The predicted molar refractivity (Wildman–Crippen MR) is 150 cm³/mol. The fraction of sp³-hybridized carbons (Fsp3) is 0.103. The lowest BCUT2D eigenvalue weighted by Crippen LogP contribution is -2.38. The Hall–Kier alpha value is -4.14. The molecule has 38 heavy (non-hydrogen) atoms. The quantitative estimate of drug-likeness (QED) is 0.287. The average molecular weight is 548 g/mol. The Labute approximate surface area is 227 Å². The topological polar surface area (TPSA) is 95.6 Å². The first-order chi connectivity index (χ1) is 18.3. The van der Waals surface area contributed by atoms with Gasteiger partial charge in [-0.1, -0.05) is 78.3 Å². The summed E-state index contributed by atoms with van der Waals surface area (Å²) >= 11 is 6.12. The Morgan fingerprint density at radius 3 is 2.16 bits per heavy atom. The van der Waals surface area contributed by atoms with Crippen LogP contribution in [-0.4, -0.2) is 33.3 Å². The van der Waals surface area contributed by atoms with Crippen molar-refractivity contribution in [3.8, 4) is 0 Å². The molecule has 0 atom stereocenters. The SMILES string of the molecule is O=C(CN(c1cccc(Cl)c1)S(=O)(=O)c1ccccc1)Nc1ccccc1C(=O)NCCc1ccccc1. The third kappa shape index (κ3) is 6.79. The van der Waals surface area contributed by atoms with Crippen LogP contribution in [0.4, 0.5) is 11.4 Å². The van der Waals surface area contributed by atoms with Gasteiger partial charge in [0.2, 0.25) is 5.91 Å². The second kappa shape index (κ2) is 12.4. The number of para-hydroxylation sites is 1. The van der Waals surface area contributed by atoms with Crippen molar-refractivity contribution >= 4 is 44.8 Å². The van der Waals surface area contributed by atoms with Gasteiger partial charge in [0, 0.05) is 11.6 Å². The normalized spacial score (nSPS) is 11.0. The highest BCUT2D eigenvalue weighted by atomic mass is 35.5. The van der Waals surface area contributed by atoms with Crippen LogP contribution in [0.5, 0.6) is 0 Å². The first kappa shape index (κ1) is 26.9. The van der Waals surface area contributed by atoms with Gasteiger partial charge in [-0.15, -0.1) is 0 Å². The molecule has 0 radical (unpaired) electrons. The summed E-state index contributed by atoms with van der Waals surface area (Å²) in [6.07, 6.45) is 0.660. The molecule has 9 heteroatoms. The molecule has 0 saturated heterocycles. The summed E-state index contributed by atoms with van der Waals surface area (Å²) in [7, 11) is -4.09. The minimum absolute atomic E-state index is 0.0333. The Kier molecular flexibility index (Phi) is 8.78. The van der Waals surface area contributed by atoms with Crippen LogP contribution in [-0.2, 0) is 21.2 Å². The number of anilines is 2. The number of halogens is 1. The number of carbonyl (C=O) groups is 2. The van der Waals surface area contributed by atoms with Crippen molar-refractivity contribution < 1.29 is 18.0 Å². The van der Waals surface area contributed by atoms with E-state index >= 15 is 0 Å². The van der Waals surface area contributed by atoms with E-state index in [0.717, 1.165) is 9.87 Å². The number of hydrogen-bond acceptors (Lipinski definition) is 4. The van der Waals surface area contributed by atoms with E-state index < -0.39 is 22.5 Å². The fourth-order valence-corrected chi connectivity index (χ4v) is 5.45. The summed E-state index contributed by atoms with van der Waals surface area (Å²) < 4.78 is 28.0. The molecule has 2 N–H and O–H groups in total.